The molecule has 1 N–H and O–H groups in total. The van der Waals surface area contributed by atoms with Crippen LogP contribution in [0.5, 0.6) is 0 Å². The van der Waals surface area contributed by atoms with Crippen molar-refractivity contribution in [2.24, 2.45) is 0 Å². The van der Waals surface area contributed by atoms with Crippen molar-refractivity contribution in [2.75, 3.05) is 12.4 Å². The third-order valence-electron chi connectivity index (χ3n) is 2.43. The summed E-state index contributed by atoms with van der Waals surface area (Å²) in [5.74, 6) is 0.0609. The number of hydrogen-bond donors (Lipinski definition) is 1. The van der Waals surface area contributed by atoms with Crippen LogP contribution in [0, 0.1) is 6.92 Å². The number of nitrogens with zero attached hydrogens (tertiary/aromatic N) is 2. The van der Waals surface area contributed by atoms with Crippen LogP contribution in [0.2, 0.25) is 5.15 Å². The first kappa shape index (κ1) is 13.5. The van der Waals surface area contributed by atoms with Gasteiger partial charge in [-0.25, -0.2) is 4.98 Å². The molecule has 0 aliphatic heterocycles. The van der Waals surface area contributed by atoms with E-state index in [4.69, 9.17) is 20.9 Å². The molecule has 7 heteroatoms. The Hall–Kier alpha value is -1.92. The van der Waals surface area contributed by atoms with Crippen LogP contribution in [0.1, 0.15) is 21.8 Å². The predicted molar refractivity (Wildman–Crippen MR) is 69.2 cm³/mol. The smallest absolute Gasteiger partial charge is 0.277 e. The molecule has 6 nitrogen and oxygen atoms in total. The van der Waals surface area contributed by atoms with Gasteiger partial charge in [0.1, 0.15) is 6.61 Å². The van der Waals surface area contributed by atoms with Gasteiger partial charge in [-0.05, 0) is 18.6 Å². The monoisotopic (exact) mass is 281 g/mol. The molecule has 0 bridgehead atoms. The minimum atomic E-state index is -0.413. The lowest BCUT2D eigenvalue weighted by Crippen LogP contribution is -2.13. The molecular weight excluding hydrogens is 270 g/mol. The molecule has 0 radical (unpaired) electrons. The van der Waals surface area contributed by atoms with E-state index in [1.165, 1.54) is 13.2 Å². The molecule has 2 rings (SSSR count). The molecule has 0 aliphatic carbocycles. The molecule has 2 heterocycles. The maximum Gasteiger partial charge on any atom is 0.277 e. The molecule has 0 atom stereocenters. The van der Waals surface area contributed by atoms with Gasteiger partial charge >= 0.3 is 0 Å². The minimum absolute atomic E-state index is 0.159. The highest BCUT2D eigenvalue weighted by molar-refractivity contribution is 6.32. The molecule has 19 heavy (non-hydrogen) atoms. The average Bonchev–Trinajstić information content (AvgIpc) is 2.83. The van der Waals surface area contributed by atoms with E-state index >= 15 is 0 Å². The van der Waals surface area contributed by atoms with Crippen LogP contribution in [-0.4, -0.2) is 23.2 Å². The number of halogens is 1. The summed E-state index contributed by atoms with van der Waals surface area (Å²) in [5.41, 5.74) is 1.44. The number of methoxy groups -OCH3 is 1. The molecule has 100 valence electrons. The maximum atomic E-state index is 12.0. The van der Waals surface area contributed by atoms with Gasteiger partial charge in [-0.3, -0.25) is 4.79 Å². The first-order valence-electron chi connectivity index (χ1n) is 5.49. The van der Waals surface area contributed by atoms with Crippen molar-refractivity contribution < 1.29 is 14.1 Å². The Kier molecular flexibility index (Phi) is 4.13. The van der Waals surface area contributed by atoms with Crippen LogP contribution in [-0.2, 0) is 11.3 Å². The Morgan fingerprint density at radius 2 is 2.37 bits per heavy atom. The Labute approximate surface area is 114 Å². The van der Waals surface area contributed by atoms with Crippen LogP contribution >= 0.6 is 11.6 Å². The number of hydrogen-bond acceptors (Lipinski definition) is 5. The Balaban J connectivity index is 2.16. The van der Waals surface area contributed by atoms with Gasteiger partial charge in [-0.2, -0.15) is 0 Å². The van der Waals surface area contributed by atoms with Gasteiger partial charge in [-0.1, -0.05) is 16.8 Å². The van der Waals surface area contributed by atoms with E-state index < -0.39 is 5.91 Å². The number of amides is 1. The summed E-state index contributed by atoms with van der Waals surface area (Å²) in [6.07, 6.45) is 1.57. The minimum Gasteiger partial charge on any atom is -0.377 e. The number of rotatable bonds is 4. The SMILES string of the molecule is COCc1cc(C(=O)Nc2c(C)ccnc2Cl)no1. The molecule has 1 amide bonds. The highest BCUT2D eigenvalue weighted by Gasteiger charge is 2.15. The number of aromatic nitrogens is 2. The molecule has 2 aromatic rings. The van der Waals surface area contributed by atoms with Crippen molar-refractivity contribution in [3.8, 4) is 0 Å². The lowest BCUT2D eigenvalue weighted by atomic mass is 10.2. The summed E-state index contributed by atoms with van der Waals surface area (Å²) in [5, 5.41) is 6.54. The van der Waals surface area contributed by atoms with E-state index in [9.17, 15) is 4.79 Å². The number of anilines is 1. The van der Waals surface area contributed by atoms with E-state index in [0.717, 1.165) is 5.56 Å². The molecule has 2 aromatic heterocycles. The highest BCUT2D eigenvalue weighted by atomic mass is 35.5. The van der Waals surface area contributed by atoms with Crippen LogP contribution in [0.4, 0.5) is 5.69 Å². The van der Waals surface area contributed by atoms with E-state index in [1.807, 2.05) is 6.92 Å². The fourth-order valence-corrected chi connectivity index (χ4v) is 1.74. The first-order chi connectivity index (χ1) is 9.11. The molecule has 0 spiro atoms. The Bertz CT molecular complexity index is 577. The van der Waals surface area contributed by atoms with Crippen LogP contribution in [0.25, 0.3) is 0 Å². The summed E-state index contributed by atoms with van der Waals surface area (Å²) >= 11 is 5.93. The molecule has 0 aromatic carbocycles. The second kappa shape index (κ2) is 5.81. The lowest BCUT2D eigenvalue weighted by molar-refractivity contribution is 0.101. The van der Waals surface area contributed by atoms with E-state index in [-0.39, 0.29) is 17.5 Å². The zero-order chi connectivity index (χ0) is 13.8. The first-order valence-corrected chi connectivity index (χ1v) is 5.86. The highest BCUT2D eigenvalue weighted by Crippen LogP contribution is 2.23. The quantitative estimate of drug-likeness (QED) is 0.871. The van der Waals surface area contributed by atoms with Gasteiger partial charge in [0.05, 0.1) is 5.69 Å². The van der Waals surface area contributed by atoms with E-state index in [0.29, 0.717) is 11.4 Å². The van der Waals surface area contributed by atoms with Crippen LogP contribution in [0.15, 0.2) is 22.9 Å². The summed E-state index contributed by atoms with van der Waals surface area (Å²) in [4.78, 5) is 15.9. The van der Waals surface area contributed by atoms with Crippen molar-refractivity contribution in [3.63, 3.8) is 0 Å². The van der Waals surface area contributed by atoms with Crippen molar-refractivity contribution in [1.82, 2.24) is 10.1 Å². The Morgan fingerprint density at radius 1 is 1.58 bits per heavy atom. The average molecular weight is 282 g/mol. The summed E-state index contributed by atoms with van der Waals surface area (Å²) in [6, 6.07) is 3.26. The molecule has 0 saturated carbocycles. The third-order valence-corrected chi connectivity index (χ3v) is 2.72. The normalized spacial score (nSPS) is 10.5. The van der Waals surface area contributed by atoms with Crippen LogP contribution in [0.3, 0.4) is 0 Å². The third kappa shape index (κ3) is 3.10. The molecule has 0 fully saturated rings. The second-order valence-corrected chi connectivity index (χ2v) is 4.22. The zero-order valence-electron chi connectivity index (χ0n) is 10.4. The van der Waals surface area contributed by atoms with E-state index in [2.05, 4.69) is 15.5 Å². The van der Waals surface area contributed by atoms with Gasteiger partial charge in [0.25, 0.3) is 5.91 Å². The zero-order valence-corrected chi connectivity index (χ0v) is 11.2. The maximum absolute atomic E-state index is 12.0. The number of carbonyl (C=O) groups excluding carboxylic acids is 1. The second-order valence-electron chi connectivity index (χ2n) is 3.86. The fourth-order valence-electron chi connectivity index (χ4n) is 1.48. The fraction of sp³-hybridized carbons (Fsp3) is 0.250. The van der Waals surface area contributed by atoms with Crippen molar-refractivity contribution in [1.29, 1.82) is 0 Å². The lowest BCUT2D eigenvalue weighted by Gasteiger charge is -2.07. The number of pyridine rings is 1. The number of carbonyl (C=O) groups is 1. The van der Waals surface area contributed by atoms with Gasteiger partial charge in [-0.15, -0.1) is 0 Å². The van der Waals surface area contributed by atoms with Crippen molar-refractivity contribution in [3.05, 3.63) is 40.5 Å². The van der Waals surface area contributed by atoms with Gasteiger partial charge in [0, 0.05) is 19.4 Å². The number of ether oxygens (including phenoxy) is 1. The van der Waals surface area contributed by atoms with Crippen molar-refractivity contribution in [2.45, 2.75) is 13.5 Å². The molecular formula is C12H12ClN3O3. The van der Waals surface area contributed by atoms with E-state index in [1.54, 1.807) is 12.3 Å². The van der Waals surface area contributed by atoms with Crippen molar-refractivity contribution >= 4 is 23.2 Å². The predicted octanol–water partition coefficient (Wildman–Crippen LogP) is 2.43. The summed E-state index contributed by atoms with van der Waals surface area (Å²) < 4.78 is 9.82. The van der Waals surface area contributed by atoms with Crippen LogP contribution < -0.4 is 5.32 Å². The van der Waals surface area contributed by atoms with Gasteiger partial charge in [0.2, 0.25) is 0 Å². The van der Waals surface area contributed by atoms with Gasteiger partial charge in [0.15, 0.2) is 16.6 Å². The summed E-state index contributed by atoms with van der Waals surface area (Å²) in [6.45, 7) is 2.08. The molecule has 0 unspecified atom stereocenters. The topological polar surface area (TPSA) is 77.2 Å². The largest absolute Gasteiger partial charge is 0.377 e. The molecule has 0 aliphatic rings. The van der Waals surface area contributed by atoms with Gasteiger partial charge < -0.3 is 14.6 Å². The Morgan fingerprint density at radius 3 is 3.05 bits per heavy atom. The number of aryl methyl sites for hydroxylation is 1. The molecule has 0 saturated heterocycles. The standard InChI is InChI=1S/C12H12ClN3O3/c1-7-3-4-14-11(13)10(7)15-12(17)9-5-8(6-18-2)19-16-9/h3-5H,6H2,1-2H3,(H,15,17). The summed E-state index contributed by atoms with van der Waals surface area (Å²) in [7, 11) is 1.53. The number of nitrogens with one attached hydrogen (secondary N) is 1.